The molecule has 0 aromatic heterocycles. The van der Waals surface area contributed by atoms with Crippen LogP contribution in [0.3, 0.4) is 0 Å². The number of nitrogens with zero attached hydrogens (tertiary/aromatic N) is 1. The van der Waals surface area contributed by atoms with E-state index in [1.807, 2.05) is 0 Å². The van der Waals surface area contributed by atoms with Crippen LogP contribution in [0.2, 0.25) is 5.02 Å². The Morgan fingerprint density at radius 2 is 1.65 bits per heavy atom. The first-order chi connectivity index (χ1) is 12.6. The molecule has 1 heterocycles. The summed E-state index contributed by atoms with van der Waals surface area (Å²) in [6.07, 6.45) is 1.56. The quantitative estimate of drug-likeness (QED) is 0.590. The van der Waals surface area contributed by atoms with Crippen LogP contribution in [0.1, 0.15) is 11.1 Å². The van der Waals surface area contributed by atoms with Crippen LogP contribution in [0.5, 0.6) is 17.2 Å². The number of carbonyl (C=O) groups excluding carboxylic acids is 1. The lowest BCUT2D eigenvalue weighted by molar-refractivity contribution is -0.129. The van der Waals surface area contributed by atoms with Crippen LogP contribution in [-0.4, -0.2) is 33.2 Å². The van der Waals surface area contributed by atoms with Gasteiger partial charge in [-0.2, -0.15) is 0 Å². The van der Waals surface area contributed by atoms with Gasteiger partial charge in [-0.15, -0.1) is 0 Å². The van der Waals surface area contributed by atoms with E-state index in [1.54, 1.807) is 42.5 Å². The van der Waals surface area contributed by atoms with E-state index in [2.05, 4.69) is 4.99 Å². The third-order valence-corrected chi connectivity index (χ3v) is 4.08. The minimum absolute atomic E-state index is 0.130. The first-order valence-corrected chi connectivity index (χ1v) is 8.02. The lowest BCUT2D eigenvalue weighted by Gasteiger charge is -2.12. The summed E-state index contributed by atoms with van der Waals surface area (Å²) in [5.74, 6) is 1.11. The number of cyclic esters (lactones) is 1. The Bertz CT molecular complexity index is 920. The first kappa shape index (κ1) is 17.8. The average Bonchev–Trinajstić information content (AvgIpc) is 3.01. The van der Waals surface area contributed by atoms with Crippen molar-refractivity contribution >= 4 is 29.5 Å². The molecule has 1 aliphatic heterocycles. The van der Waals surface area contributed by atoms with Gasteiger partial charge in [0.15, 0.2) is 17.2 Å². The number of aliphatic imine (C=N–C) groups is 1. The van der Waals surface area contributed by atoms with Crippen LogP contribution in [0.25, 0.3) is 6.08 Å². The summed E-state index contributed by atoms with van der Waals surface area (Å²) in [6.45, 7) is 0. The summed E-state index contributed by atoms with van der Waals surface area (Å²) in [5.41, 5.74) is 1.27. The predicted octanol–water partition coefficient (Wildman–Crippen LogP) is 3.71. The Hall–Kier alpha value is -2.99. The highest BCUT2D eigenvalue weighted by Crippen LogP contribution is 2.36. The maximum atomic E-state index is 12.2. The Morgan fingerprint density at radius 3 is 2.31 bits per heavy atom. The van der Waals surface area contributed by atoms with Gasteiger partial charge in [0.2, 0.25) is 5.90 Å². The standard InChI is InChI=1S/C19H16ClNO5/c1-23-15-10-17(25-3)16(24-2)9-11(15)8-14-19(22)26-18(21-14)12-6-4-5-7-13(12)20/h4-10H,1-3H3. The van der Waals surface area contributed by atoms with E-state index in [0.717, 1.165) is 0 Å². The molecule has 0 amide bonds. The number of methoxy groups -OCH3 is 3. The molecule has 0 saturated carbocycles. The van der Waals surface area contributed by atoms with Crippen LogP contribution in [0, 0.1) is 0 Å². The second-order valence-corrected chi connectivity index (χ2v) is 5.67. The fourth-order valence-corrected chi connectivity index (χ4v) is 2.69. The number of esters is 1. The Labute approximate surface area is 155 Å². The molecule has 0 aliphatic carbocycles. The molecule has 0 saturated heterocycles. The topological polar surface area (TPSA) is 66.3 Å². The molecule has 2 aromatic rings. The van der Waals surface area contributed by atoms with Crippen molar-refractivity contribution in [3.8, 4) is 17.2 Å². The number of rotatable bonds is 5. The number of hydrogen-bond acceptors (Lipinski definition) is 6. The Morgan fingerprint density at radius 1 is 1.00 bits per heavy atom. The third kappa shape index (κ3) is 3.36. The largest absolute Gasteiger partial charge is 0.496 e. The molecular formula is C19H16ClNO5. The van der Waals surface area contributed by atoms with Gasteiger partial charge in [0, 0.05) is 11.6 Å². The van der Waals surface area contributed by atoms with Gasteiger partial charge in [-0.3, -0.25) is 0 Å². The van der Waals surface area contributed by atoms with Gasteiger partial charge >= 0.3 is 5.97 Å². The van der Waals surface area contributed by atoms with E-state index in [-0.39, 0.29) is 11.6 Å². The second-order valence-electron chi connectivity index (χ2n) is 5.27. The molecule has 0 fully saturated rings. The van der Waals surface area contributed by atoms with Crippen LogP contribution in [0.4, 0.5) is 0 Å². The zero-order valence-corrected chi connectivity index (χ0v) is 15.2. The van der Waals surface area contributed by atoms with Crippen molar-refractivity contribution in [2.75, 3.05) is 21.3 Å². The molecule has 0 bridgehead atoms. The number of carbonyl (C=O) groups is 1. The van der Waals surface area contributed by atoms with Gasteiger partial charge in [-0.05, 0) is 24.3 Å². The minimum atomic E-state index is -0.572. The molecule has 2 aromatic carbocycles. The van der Waals surface area contributed by atoms with Crippen LogP contribution >= 0.6 is 11.6 Å². The Kier molecular flexibility index (Phi) is 5.14. The zero-order valence-electron chi connectivity index (χ0n) is 14.4. The van der Waals surface area contributed by atoms with Crippen molar-refractivity contribution in [3.05, 3.63) is 58.2 Å². The van der Waals surface area contributed by atoms with E-state index in [9.17, 15) is 4.79 Å². The summed E-state index contributed by atoms with van der Waals surface area (Å²) in [6, 6.07) is 10.4. The lowest BCUT2D eigenvalue weighted by Crippen LogP contribution is -2.05. The third-order valence-electron chi connectivity index (χ3n) is 3.75. The number of hydrogen-bond donors (Lipinski definition) is 0. The van der Waals surface area contributed by atoms with Crippen molar-refractivity contribution in [1.29, 1.82) is 0 Å². The van der Waals surface area contributed by atoms with E-state index in [1.165, 1.54) is 21.3 Å². The molecule has 134 valence electrons. The molecule has 6 nitrogen and oxygen atoms in total. The van der Waals surface area contributed by atoms with E-state index >= 15 is 0 Å². The van der Waals surface area contributed by atoms with Gasteiger partial charge in [0.1, 0.15) is 5.75 Å². The van der Waals surface area contributed by atoms with Crippen molar-refractivity contribution < 1.29 is 23.7 Å². The normalized spacial score (nSPS) is 14.8. The second kappa shape index (κ2) is 7.49. The zero-order chi connectivity index (χ0) is 18.7. The summed E-state index contributed by atoms with van der Waals surface area (Å²) in [4.78, 5) is 16.5. The van der Waals surface area contributed by atoms with E-state index in [0.29, 0.717) is 33.4 Å². The highest BCUT2D eigenvalue weighted by Gasteiger charge is 2.26. The summed E-state index contributed by atoms with van der Waals surface area (Å²) < 4.78 is 21.2. The number of halogens is 1. The average molecular weight is 374 g/mol. The van der Waals surface area contributed by atoms with Gasteiger partial charge in [-0.25, -0.2) is 9.79 Å². The monoisotopic (exact) mass is 373 g/mol. The smallest absolute Gasteiger partial charge is 0.363 e. The maximum absolute atomic E-state index is 12.2. The number of ether oxygens (including phenoxy) is 4. The summed E-state index contributed by atoms with van der Waals surface area (Å²) in [7, 11) is 4.58. The molecule has 0 N–H and O–H groups in total. The molecule has 7 heteroatoms. The van der Waals surface area contributed by atoms with Crippen LogP contribution in [-0.2, 0) is 9.53 Å². The van der Waals surface area contributed by atoms with Crippen LogP contribution < -0.4 is 14.2 Å². The van der Waals surface area contributed by atoms with Crippen molar-refractivity contribution in [2.45, 2.75) is 0 Å². The molecule has 0 unspecified atom stereocenters. The molecule has 3 rings (SSSR count). The summed E-state index contributed by atoms with van der Waals surface area (Å²) in [5, 5.41) is 0.448. The Balaban J connectivity index is 2.04. The SMILES string of the molecule is COc1cc(OC)c(OC)cc1C=C1N=C(c2ccccc2Cl)OC1=O. The van der Waals surface area contributed by atoms with Gasteiger partial charge in [-0.1, -0.05) is 23.7 Å². The maximum Gasteiger partial charge on any atom is 0.363 e. The first-order valence-electron chi connectivity index (χ1n) is 7.65. The minimum Gasteiger partial charge on any atom is -0.496 e. The molecule has 1 aliphatic rings. The van der Waals surface area contributed by atoms with Crippen molar-refractivity contribution in [2.24, 2.45) is 4.99 Å². The van der Waals surface area contributed by atoms with E-state index in [4.69, 9.17) is 30.5 Å². The van der Waals surface area contributed by atoms with Gasteiger partial charge in [0.05, 0.1) is 31.9 Å². The fourth-order valence-electron chi connectivity index (χ4n) is 2.47. The van der Waals surface area contributed by atoms with Crippen molar-refractivity contribution in [3.63, 3.8) is 0 Å². The summed E-state index contributed by atoms with van der Waals surface area (Å²) >= 11 is 6.14. The fraction of sp³-hybridized carbons (Fsp3) is 0.158. The van der Waals surface area contributed by atoms with Crippen LogP contribution in [0.15, 0.2) is 47.1 Å². The molecule has 0 radical (unpaired) electrons. The predicted molar refractivity (Wildman–Crippen MR) is 98.2 cm³/mol. The molecule has 0 atom stereocenters. The van der Waals surface area contributed by atoms with Gasteiger partial charge in [0.25, 0.3) is 0 Å². The molecule has 0 spiro atoms. The highest BCUT2D eigenvalue weighted by molar-refractivity contribution is 6.34. The lowest BCUT2D eigenvalue weighted by atomic mass is 10.1. The van der Waals surface area contributed by atoms with Crippen molar-refractivity contribution in [1.82, 2.24) is 0 Å². The number of benzene rings is 2. The highest BCUT2D eigenvalue weighted by atomic mass is 35.5. The molecule has 26 heavy (non-hydrogen) atoms. The van der Waals surface area contributed by atoms with Gasteiger partial charge < -0.3 is 18.9 Å². The molecular weight excluding hydrogens is 358 g/mol. The van der Waals surface area contributed by atoms with E-state index < -0.39 is 5.97 Å².